The Morgan fingerprint density at radius 1 is 0.462 bits per heavy atom. The van der Waals surface area contributed by atoms with E-state index >= 15 is 0 Å². The first-order chi connectivity index (χ1) is 12.3. The molecule has 0 saturated heterocycles. The molecular weight excluding hydrogens is 314 g/mol. The number of hydrogen-bond donors (Lipinski definition) is 0. The summed E-state index contributed by atoms with van der Waals surface area (Å²) >= 11 is 0. The highest BCUT2D eigenvalue weighted by molar-refractivity contribution is 5.73. The van der Waals surface area contributed by atoms with Crippen LogP contribution in [0.25, 0.3) is 33.6 Å². The molecule has 0 saturated carbocycles. The van der Waals surface area contributed by atoms with E-state index < -0.39 is 0 Å². The summed E-state index contributed by atoms with van der Waals surface area (Å²) in [6.07, 6.45) is 0. The monoisotopic (exact) mass is 337 g/mol. The Morgan fingerprint density at radius 3 is 1.19 bits per heavy atom. The van der Waals surface area contributed by atoms with Gasteiger partial charge >= 0.3 is 0 Å². The third kappa shape index (κ3) is 3.43. The molecular formula is C25H23N. The zero-order chi connectivity index (χ0) is 17.1. The highest BCUT2D eigenvalue weighted by Gasteiger charge is 2.19. The Balaban J connectivity index is 0.00000196. The van der Waals surface area contributed by atoms with Crippen molar-refractivity contribution in [3.8, 4) is 33.6 Å². The number of benzene rings is 3. The van der Waals surface area contributed by atoms with Gasteiger partial charge < -0.3 is 7.43 Å². The molecule has 0 unspecified atom stereocenters. The molecule has 1 heterocycles. The van der Waals surface area contributed by atoms with E-state index in [2.05, 4.69) is 115 Å². The Kier molecular flexibility index (Phi) is 5.28. The van der Waals surface area contributed by atoms with Gasteiger partial charge in [-0.1, -0.05) is 66.7 Å². The van der Waals surface area contributed by atoms with Crippen LogP contribution in [-0.4, -0.2) is 0 Å². The number of aromatic nitrogens is 1. The maximum Gasteiger partial charge on any atom is 0.213 e. The summed E-state index contributed by atoms with van der Waals surface area (Å²) in [5, 5.41) is 0. The molecule has 128 valence electrons. The van der Waals surface area contributed by atoms with Gasteiger partial charge in [-0.2, -0.15) is 4.57 Å². The molecule has 0 aliphatic heterocycles. The van der Waals surface area contributed by atoms with Crippen LogP contribution in [0, 0.1) is 7.43 Å². The van der Waals surface area contributed by atoms with Gasteiger partial charge in [-0.05, 0) is 35.4 Å². The summed E-state index contributed by atoms with van der Waals surface area (Å²) in [5.74, 6) is 0. The SMILES string of the molecule is C[n+]1c(-c2ccccc2)cc(-c2ccccc2)cc1-c1ccccc1.[CH3-]. The van der Waals surface area contributed by atoms with Gasteiger partial charge in [0.05, 0.1) is 0 Å². The lowest BCUT2D eigenvalue weighted by molar-refractivity contribution is -0.649. The predicted octanol–water partition coefficient (Wildman–Crippen LogP) is 5.96. The van der Waals surface area contributed by atoms with E-state index in [4.69, 9.17) is 0 Å². The average Bonchev–Trinajstić information content (AvgIpc) is 2.70. The van der Waals surface area contributed by atoms with Gasteiger partial charge in [0.2, 0.25) is 11.4 Å². The van der Waals surface area contributed by atoms with E-state index in [1.165, 1.54) is 33.6 Å². The van der Waals surface area contributed by atoms with Crippen molar-refractivity contribution in [2.24, 2.45) is 7.05 Å². The summed E-state index contributed by atoms with van der Waals surface area (Å²) < 4.78 is 2.27. The molecule has 0 aliphatic rings. The summed E-state index contributed by atoms with van der Waals surface area (Å²) in [6.45, 7) is 0. The third-order valence-corrected chi connectivity index (χ3v) is 4.55. The summed E-state index contributed by atoms with van der Waals surface area (Å²) in [6, 6.07) is 36.3. The van der Waals surface area contributed by atoms with Crippen molar-refractivity contribution >= 4 is 0 Å². The maximum absolute atomic E-state index is 2.27. The Bertz CT molecular complexity index is 914. The molecule has 1 heteroatoms. The highest BCUT2D eigenvalue weighted by atomic mass is 14.9. The fraction of sp³-hybridized carbons (Fsp3) is 0.0400. The van der Waals surface area contributed by atoms with Crippen molar-refractivity contribution in [3.05, 3.63) is 111 Å². The molecule has 26 heavy (non-hydrogen) atoms. The maximum atomic E-state index is 2.27. The topological polar surface area (TPSA) is 3.88 Å². The van der Waals surface area contributed by atoms with Crippen molar-refractivity contribution in [2.45, 2.75) is 0 Å². The highest BCUT2D eigenvalue weighted by Crippen LogP contribution is 2.28. The first-order valence-corrected chi connectivity index (χ1v) is 8.53. The number of pyridine rings is 1. The molecule has 0 amide bonds. The second-order valence-electron chi connectivity index (χ2n) is 6.17. The molecule has 3 aromatic carbocycles. The molecule has 0 radical (unpaired) electrons. The van der Waals surface area contributed by atoms with E-state index in [0.29, 0.717) is 0 Å². The Morgan fingerprint density at radius 2 is 0.808 bits per heavy atom. The van der Waals surface area contributed by atoms with Crippen LogP contribution in [-0.2, 0) is 7.05 Å². The molecule has 1 nitrogen and oxygen atoms in total. The number of hydrogen-bond acceptors (Lipinski definition) is 0. The minimum atomic E-state index is 0. The second kappa shape index (κ2) is 7.79. The molecule has 4 rings (SSSR count). The second-order valence-corrected chi connectivity index (χ2v) is 6.17. The van der Waals surface area contributed by atoms with E-state index in [-0.39, 0.29) is 7.43 Å². The van der Waals surface area contributed by atoms with Gasteiger partial charge in [0.25, 0.3) is 0 Å². The van der Waals surface area contributed by atoms with Crippen molar-refractivity contribution < 1.29 is 4.57 Å². The van der Waals surface area contributed by atoms with Gasteiger partial charge in [0.1, 0.15) is 7.05 Å². The Labute approximate surface area is 156 Å². The quantitative estimate of drug-likeness (QED) is 0.321. The van der Waals surface area contributed by atoms with Gasteiger partial charge in [-0.3, -0.25) is 0 Å². The molecule has 0 spiro atoms. The molecule has 0 atom stereocenters. The van der Waals surface area contributed by atoms with E-state index in [0.717, 1.165) is 0 Å². The molecule has 0 fully saturated rings. The fourth-order valence-corrected chi connectivity index (χ4v) is 3.23. The number of nitrogens with zero attached hydrogens (tertiary/aromatic N) is 1. The number of rotatable bonds is 3. The molecule has 0 N–H and O–H groups in total. The molecule has 0 bridgehead atoms. The van der Waals surface area contributed by atoms with E-state index in [1.807, 2.05) is 0 Å². The zero-order valence-electron chi connectivity index (χ0n) is 15.3. The molecule has 0 aliphatic carbocycles. The summed E-state index contributed by atoms with van der Waals surface area (Å²) in [4.78, 5) is 0. The van der Waals surface area contributed by atoms with Crippen molar-refractivity contribution in [1.82, 2.24) is 0 Å². The van der Waals surface area contributed by atoms with Crippen LogP contribution in [0.1, 0.15) is 0 Å². The zero-order valence-corrected chi connectivity index (χ0v) is 15.3. The van der Waals surface area contributed by atoms with E-state index in [1.54, 1.807) is 0 Å². The van der Waals surface area contributed by atoms with Crippen LogP contribution in [0.2, 0.25) is 0 Å². The van der Waals surface area contributed by atoms with E-state index in [9.17, 15) is 0 Å². The van der Waals surface area contributed by atoms with Gasteiger partial charge in [-0.15, -0.1) is 0 Å². The average molecular weight is 337 g/mol. The minimum Gasteiger partial charge on any atom is -0.358 e. The van der Waals surface area contributed by atoms with Crippen molar-refractivity contribution in [3.63, 3.8) is 0 Å². The van der Waals surface area contributed by atoms with Gasteiger partial charge in [0, 0.05) is 23.3 Å². The first-order valence-electron chi connectivity index (χ1n) is 8.53. The molecule has 1 aromatic heterocycles. The lowest BCUT2D eigenvalue weighted by Crippen LogP contribution is -2.34. The van der Waals surface area contributed by atoms with Crippen LogP contribution in [0.4, 0.5) is 0 Å². The summed E-state index contributed by atoms with van der Waals surface area (Å²) in [5.41, 5.74) is 7.33. The van der Waals surface area contributed by atoms with Crippen molar-refractivity contribution in [1.29, 1.82) is 0 Å². The lowest BCUT2D eigenvalue weighted by atomic mass is 9.99. The first kappa shape index (κ1) is 17.6. The lowest BCUT2D eigenvalue weighted by Gasteiger charge is -2.10. The van der Waals surface area contributed by atoms with Crippen LogP contribution in [0.3, 0.4) is 0 Å². The molecule has 4 aromatic rings. The van der Waals surface area contributed by atoms with Crippen LogP contribution in [0.15, 0.2) is 103 Å². The van der Waals surface area contributed by atoms with Crippen LogP contribution < -0.4 is 4.57 Å². The van der Waals surface area contributed by atoms with Crippen LogP contribution in [0.5, 0.6) is 0 Å². The van der Waals surface area contributed by atoms with Crippen LogP contribution >= 0.6 is 0 Å². The normalized spacial score (nSPS) is 10.2. The Hall–Kier alpha value is -3.19. The fourth-order valence-electron chi connectivity index (χ4n) is 3.23. The van der Waals surface area contributed by atoms with Crippen molar-refractivity contribution in [2.75, 3.05) is 0 Å². The predicted molar refractivity (Wildman–Crippen MR) is 110 cm³/mol. The standard InChI is InChI=1S/C24H20N.CH3/c1-25-23(20-13-7-3-8-14-20)17-22(19-11-5-2-6-12-19)18-24(25)21-15-9-4-10-16-21;/h2-18H,1H3;1H3/q+1;-1. The van der Waals surface area contributed by atoms with Gasteiger partial charge in [-0.25, -0.2) is 0 Å². The van der Waals surface area contributed by atoms with Gasteiger partial charge in [0.15, 0.2) is 0 Å². The minimum absolute atomic E-state index is 0. The smallest absolute Gasteiger partial charge is 0.213 e. The largest absolute Gasteiger partial charge is 0.358 e. The summed E-state index contributed by atoms with van der Waals surface area (Å²) in [7, 11) is 2.14. The third-order valence-electron chi connectivity index (χ3n) is 4.55.